The highest BCUT2D eigenvalue weighted by Gasteiger charge is 2.44. The third-order valence-electron chi connectivity index (χ3n) is 5.98. The molecule has 3 heterocycles. The van der Waals surface area contributed by atoms with Crippen LogP contribution in [0.4, 0.5) is 4.79 Å². The first-order valence-corrected chi connectivity index (χ1v) is 10.2. The van der Waals surface area contributed by atoms with Gasteiger partial charge in [-0.05, 0) is 25.0 Å². The molecule has 9 nitrogen and oxygen atoms in total. The fourth-order valence-electron chi connectivity index (χ4n) is 4.56. The van der Waals surface area contributed by atoms with E-state index >= 15 is 0 Å². The van der Waals surface area contributed by atoms with Crippen molar-refractivity contribution in [3.05, 3.63) is 30.4 Å². The van der Waals surface area contributed by atoms with E-state index < -0.39 is 0 Å². The van der Waals surface area contributed by atoms with E-state index in [1.165, 1.54) is 6.42 Å². The van der Waals surface area contributed by atoms with E-state index in [2.05, 4.69) is 25.5 Å². The molecule has 4 rings (SSSR count). The van der Waals surface area contributed by atoms with E-state index in [9.17, 15) is 9.59 Å². The lowest BCUT2D eigenvalue weighted by Crippen LogP contribution is -2.65. The number of aromatic nitrogens is 4. The summed E-state index contributed by atoms with van der Waals surface area (Å²) in [4.78, 5) is 37.2. The van der Waals surface area contributed by atoms with Crippen molar-refractivity contribution in [3.8, 4) is 11.4 Å². The maximum Gasteiger partial charge on any atom is 0.317 e. The van der Waals surface area contributed by atoms with Gasteiger partial charge in [-0.2, -0.15) is 5.10 Å². The quantitative estimate of drug-likeness (QED) is 0.823. The molecule has 0 unspecified atom stereocenters. The standard InChI is InChI=1S/C20H27N7O2/c1-15(28)27-12-11-26(14-20(27)7-3-2-4-8-20)19(29)22-13-17-23-18(25-24-17)16-5-9-21-10-6-16/h5-6,9-10H,2-4,7-8,11-14H2,1H3,(H,22,29)(H,23,24,25). The number of hydrogen-bond donors (Lipinski definition) is 2. The number of amides is 3. The molecule has 2 N–H and O–H groups in total. The Balaban J connectivity index is 1.38. The van der Waals surface area contributed by atoms with Crippen molar-refractivity contribution >= 4 is 11.9 Å². The van der Waals surface area contributed by atoms with Crippen LogP contribution in [-0.2, 0) is 11.3 Å². The van der Waals surface area contributed by atoms with Gasteiger partial charge in [-0.1, -0.05) is 19.3 Å². The van der Waals surface area contributed by atoms with Gasteiger partial charge >= 0.3 is 6.03 Å². The molecule has 2 aromatic rings. The Morgan fingerprint density at radius 2 is 1.93 bits per heavy atom. The molecule has 3 amide bonds. The maximum atomic E-state index is 12.8. The molecule has 2 aromatic heterocycles. The number of hydrogen-bond acceptors (Lipinski definition) is 5. The van der Waals surface area contributed by atoms with Gasteiger partial charge < -0.3 is 15.1 Å². The molecule has 29 heavy (non-hydrogen) atoms. The molecular formula is C20H27N7O2. The number of urea groups is 1. The van der Waals surface area contributed by atoms with Gasteiger partial charge in [0.25, 0.3) is 0 Å². The normalized spacial score (nSPS) is 18.7. The van der Waals surface area contributed by atoms with Gasteiger partial charge in [0.15, 0.2) is 5.82 Å². The van der Waals surface area contributed by atoms with Gasteiger partial charge in [-0.3, -0.25) is 14.9 Å². The van der Waals surface area contributed by atoms with Crippen molar-refractivity contribution < 1.29 is 9.59 Å². The van der Waals surface area contributed by atoms with Crippen LogP contribution in [0.3, 0.4) is 0 Å². The molecule has 0 radical (unpaired) electrons. The Morgan fingerprint density at radius 1 is 1.17 bits per heavy atom. The van der Waals surface area contributed by atoms with Crippen LogP contribution in [0, 0.1) is 0 Å². The van der Waals surface area contributed by atoms with Crippen LogP contribution in [0.1, 0.15) is 44.9 Å². The number of carbonyl (C=O) groups is 2. The smallest absolute Gasteiger partial charge is 0.317 e. The number of rotatable bonds is 3. The van der Waals surface area contributed by atoms with E-state index in [0.29, 0.717) is 31.3 Å². The number of carbonyl (C=O) groups excluding carboxylic acids is 2. The van der Waals surface area contributed by atoms with Gasteiger partial charge in [0.2, 0.25) is 5.91 Å². The van der Waals surface area contributed by atoms with Gasteiger partial charge in [0.1, 0.15) is 5.82 Å². The number of aromatic amines is 1. The summed E-state index contributed by atoms with van der Waals surface area (Å²) in [6.07, 6.45) is 8.72. The Bertz CT molecular complexity index is 861. The summed E-state index contributed by atoms with van der Waals surface area (Å²) in [6, 6.07) is 3.55. The maximum absolute atomic E-state index is 12.8. The highest BCUT2D eigenvalue weighted by Crippen LogP contribution is 2.36. The fourth-order valence-corrected chi connectivity index (χ4v) is 4.56. The molecule has 0 bridgehead atoms. The highest BCUT2D eigenvalue weighted by molar-refractivity contribution is 5.77. The molecule has 154 valence electrons. The van der Waals surface area contributed by atoms with Crippen LogP contribution >= 0.6 is 0 Å². The third kappa shape index (κ3) is 4.08. The summed E-state index contributed by atoms with van der Waals surface area (Å²) in [5.74, 6) is 1.28. The summed E-state index contributed by atoms with van der Waals surface area (Å²) in [7, 11) is 0. The lowest BCUT2D eigenvalue weighted by Gasteiger charge is -2.52. The SMILES string of the molecule is CC(=O)N1CCN(C(=O)NCc2nc(-c3ccncc3)n[nH]2)CC12CCCCC2. The lowest BCUT2D eigenvalue weighted by molar-refractivity contribution is -0.141. The molecular weight excluding hydrogens is 370 g/mol. The molecule has 0 atom stereocenters. The first-order chi connectivity index (χ1) is 14.1. The molecule has 1 spiro atoms. The average Bonchev–Trinajstić information content (AvgIpc) is 3.22. The molecule has 2 fully saturated rings. The van der Waals surface area contributed by atoms with Gasteiger partial charge in [0.05, 0.1) is 12.1 Å². The third-order valence-corrected chi connectivity index (χ3v) is 5.98. The summed E-state index contributed by atoms with van der Waals surface area (Å²) in [5, 5.41) is 10.0. The lowest BCUT2D eigenvalue weighted by atomic mass is 9.78. The van der Waals surface area contributed by atoms with Crippen molar-refractivity contribution in [1.82, 2.24) is 35.3 Å². The Hall–Kier alpha value is -2.97. The predicted octanol–water partition coefficient (Wildman–Crippen LogP) is 1.94. The number of pyridine rings is 1. The van der Waals surface area contributed by atoms with Crippen LogP contribution in [0.2, 0.25) is 0 Å². The minimum Gasteiger partial charge on any atom is -0.334 e. The Labute approximate surface area is 169 Å². The number of nitrogens with one attached hydrogen (secondary N) is 2. The largest absolute Gasteiger partial charge is 0.334 e. The van der Waals surface area contributed by atoms with Crippen LogP contribution in [0.15, 0.2) is 24.5 Å². The van der Waals surface area contributed by atoms with E-state index in [0.717, 1.165) is 31.2 Å². The Morgan fingerprint density at radius 3 is 2.66 bits per heavy atom. The summed E-state index contributed by atoms with van der Waals surface area (Å²) < 4.78 is 0. The molecule has 9 heteroatoms. The van der Waals surface area contributed by atoms with Crippen molar-refractivity contribution in [2.24, 2.45) is 0 Å². The van der Waals surface area contributed by atoms with E-state index in [1.807, 2.05) is 21.9 Å². The molecule has 2 aliphatic rings. The summed E-state index contributed by atoms with van der Waals surface area (Å²) in [5.41, 5.74) is 0.661. The van der Waals surface area contributed by atoms with Crippen molar-refractivity contribution in [2.45, 2.75) is 51.1 Å². The van der Waals surface area contributed by atoms with Gasteiger partial charge in [0, 0.05) is 44.5 Å². The molecule has 1 aliphatic carbocycles. The first kappa shape index (κ1) is 19.4. The monoisotopic (exact) mass is 397 g/mol. The zero-order valence-corrected chi connectivity index (χ0v) is 16.7. The second kappa shape index (κ2) is 8.18. The molecule has 1 saturated heterocycles. The first-order valence-electron chi connectivity index (χ1n) is 10.2. The minimum absolute atomic E-state index is 0.109. The molecule has 1 saturated carbocycles. The van der Waals surface area contributed by atoms with Crippen molar-refractivity contribution in [1.29, 1.82) is 0 Å². The van der Waals surface area contributed by atoms with Crippen molar-refractivity contribution in [3.63, 3.8) is 0 Å². The van der Waals surface area contributed by atoms with E-state index in [1.54, 1.807) is 19.3 Å². The summed E-state index contributed by atoms with van der Waals surface area (Å²) in [6.45, 7) is 3.65. The van der Waals surface area contributed by atoms with Gasteiger partial charge in [-0.25, -0.2) is 9.78 Å². The Kier molecular flexibility index (Phi) is 5.46. The van der Waals surface area contributed by atoms with Crippen LogP contribution in [-0.4, -0.2) is 67.1 Å². The van der Waals surface area contributed by atoms with E-state index in [4.69, 9.17) is 0 Å². The average molecular weight is 397 g/mol. The zero-order valence-electron chi connectivity index (χ0n) is 16.7. The number of H-pyrrole nitrogens is 1. The summed E-state index contributed by atoms with van der Waals surface area (Å²) >= 11 is 0. The van der Waals surface area contributed by atoms with Crippen LogP contribution in [0.25, 0.3) is 11.4 Å². The van der Waals surface area contributed by atoms with Crippen LogP contribution in [0.5, 0.6) is 0 Å². The predicted molar refractivity (Wildman–Crippen MR) is 107 cm³/mol. The zero-order chi connectivity index (χ0) is 20.3. The van der Waals surface area contributed by atoms with Gasteiger partial charge in [-0.15, -0.1) is 0 Å². The highest BCUT2D eigenvalue weighted by atomic mass is 16.2. The second-order valence-electron chi connectivity index (χ2n) is 7.88. The molecule has 0 aromatic carbocycles. The van der Waals surface area contributed by atoms with Crippen LogP contribution < -0.4 is 5.32 Å². The number of nitrogens with zero attached hydrogens (tertiary/aromatic N) is 5. The minimum atomic E-state index is -0.208. The fraction of sp³-hybridized carbons (Fsp3) is 0.550. The van der Waals surface area contributed by atoms with E-state index in [-0.39, 0.29) is 24.0 Å². The van der Waals surface area contributed by atoms with Crippen molar-refractivity contribution in [2.75, 3.05) is 19.6 Å². The number of piperazine rings is 1. The second-order valence-corrected chi connectivity index (χ2v) is 7.88. The molecule has 1 aliphatic heterocycles. The topological polar surface area (TPSA) is 107 Å².